The summed E-state index contributed by atoms with van der Waals surface area (Å²) in [5, 5.41) is 11.9. The monoisotopic (exact) mass is 305 g/mol. The first-order valence-electron chi connectivity index (χ1n) is 7.88. The quantitative estimate of drug-likeness (QED) is 0.945. The van der Waals surface area contributed by atoms with Gasteiger partial charge in [0, 0.05) is 30.4 Å². The van der Waals surface area contributed by atoms with Crippen LogP contribution in [0.4, 0.5) is 5.69 Å². The van der Waals surface area contributed by atoms with Gasteiger partial charge in [-0.2, -0.15) is 5.26 Å². The normalized spacial score (nSPS) is 16.8. The molecule has 0 saturated carbocycles. The molecule has 23 heavy (non-hydrogen) atoms. The fourth-order valence-corrected chi connectivity index (χ4v) is 3.05. The molecule has 1 fully saturated rings. The van der Waals surface area contributed by atoms with Crippen LogP contribution in [0.25, 0.3) is 0 Å². The number of anilines is 1. The van der Waals surface area contributed by atoms with Gasteiger partial charge in [0.15, 0.2) is 0 Å². The van der Waals surface area contributed by atoms with E-state index in [0.29, 0.717) is 23.7 Å². The Balaban J connectivity index is 1.63. The largest absolute Gasteiger partial charge is 0.367 e. The molecule has 2 aromatic rings. The van der Waals surface area contributed by atoms with Crippen LogP contribution < -0.4 is 10.2 Å². The topological polar surface area (TPSA) is 56.1 Å². The van der Waals surface area contributed by atoms with Crippen LogP contribution in [0.3, 0.4) is 0 Å². The summed E-state index contributed by atoms with van der Waals surface area (Å²) in [4.78, 5) is 14.6. The minimum absolute atomic E-state index is 0.123. The van der Waals surface area contributed by atoms with Crippen molar-refractivity contribution in [3.8, 4) is 6.07 Å². The van der Waals surface area contributed by atoms with E-state index < -0.39 is 0 Å². The van der Waals surface area contributed by atoms with Gasteiger partial charge in [0.05, 0.1) is 11.6 Å². The zero-order chi connectivity index (χ0) is 16.1. The fourth-order valence-electron chi connectivity index (χ4n) is 3.05. The first-order chi connectivity index (χ1) is 11.3. The zero-order valence-electron chi connectivity index (χ0n) is 12.9. The highest BCUT2D eigenvalue weighted by atomic mass is 16.1. The Morgan fingerprint density at radius 2 is 2.04 bits per heavy atom. The van der Waals surface area contributed by atoms with Crippen LogP contribution in [0.2, 0.25) is 0 Å². The smallest absolute Gasteiger partial charge is 0.251 e. The van der Waals surface area contributed by atoms with Crippen LogP contribution in [0.5, 0.6) is 0 Å². The standard InChI is InChI=1S/C19H19N3O/c20-13-15-6-4-7-16(12-15)19(23)21-14-18-10-5-11-22(18)17-8-2-1-3-9-17/h1-4,6-9,12,18H,5,10-11,14H2,(H,21,23)/t18-/m1/s1. The molecule has 0 aliphatic carbocycles. The minimum Gasteiger partial charge on any atom is -0.367 e. The molecule has 0 aromatic heterocycles. The summed E-state index contributed by atoms with van der Waals surface area (Å²) in [7, 11) is 0. The summed E-state index contributed by atoms with van der Waals surface area (Å²) in [6.07, 6.45) is 2.22. The van der Waals surface area contributed by atoms with Crippen LogP contribution in [0, 0.1) is 11.3 Å². The molecule has 0 unspecified atom stereocenters. The Hall–Kier alpha value is -2.80. The maximum atomic E-state index is 12.3. The van der Waals surface area contributed by atoms with E-state index >= 15 is 0 Å². The number of nitriles is 1. The number of rotatable bonds is 4. The molecule has 3 rings (SSSR count). The van der Waals surface area contributed by atoms with Crippen molar-refractivity contribution in [1.29, 1.82) is 5.26 Å². The first-order valence-corrected chi connectivity index (χ1v) is 7.88. The maximum Gasteiger partial charge on any atom is 0.251 e. The second-order valence-electron chi connectivity index (χ2n) is 5.73. The van der Waals surface area contributed by atoms with Gasteiger partial charge >= 0.3 is 0 Å². The number of hydrogen-bond donors (Lipinski definition) is 1. The second kappa shape index (κ2) is 6.97. The van der Waals surface area contributed by atoms with Crippen LogP contribution >= 0.6 is 0 Å². The number of para-hydroxylation sites is 1. The molecule has 1 heterocycles. The summed E-state index contributed by atoms with van der Waals surface area (Å²) >= 11 is 0. The fraction of sp³-hybridized carbons (Fsp3) is 0.263. The highest BCUT2D eigenvalue weighted by molar-refractivity contribution is 5.94. The van der Waals surface area contributed by atoms with E-state index in [9.17, 15) is 4.79 Å². The molecule has 1 N–H and O–H groups in total. The molecule has 4 heteroatoms. The van der Waals surface area contributed by atoms with Crippen molar-refractivity contribution in [1.82, 2.24) is 5.32 Å². The number of carbonyl (C=O) groups excluding carboxylic acids is 1. The van der Waals surface area contributed by atoms with Gasteiger partial charge in [-0.15, -0.1) is 0 Å². The van der Waals surface area contributed by atoms with Gasteiger partial charge < -0.3 is 10.2 Å². The highest BCUT2D eigenvalue weighted by Gasteiger charge is 2.25. The van der Waals surface area contributed by atoms with Gasteiger partial charge in [0.2, 0.25) is 0 Å². The highest BCUT2D eigenvalue weighted by Crippen LogP contribution is 2.24. The van der Waals surface area contributed by atoms with Gasteiger partial charge in [-0.3, -0.25) is 4.79 Å². The Morgan fingerprint density at radius 3 is 2.83 bits per heavy atom. The number of carbonyl (C=O) groups is 1. The lowest BCUT2D eigenvalue weighted by Gasteiger charge is -2.27. The Bertz CT molecular complexity index is 721. The summed E-state index contributed by atoms with van der Waals surface area (Å²) in [5.41, 5.74) is 2.24. The number of benzene rings is 2. The van der Waals surface area contributed by atoms with E-state index in [-0.39, 0.29) is 5.91 Å². The van der Waals surface area contributed by atoms with E-state index in [1.54, 1.807) is 24.3 Å². The third-order valence-corrected chi connectivity index (χ3v) is 4.22. The molecule has 1 aliphatic heterocycles. The third-order valence-electron chi connectivity index (χ3n) is 4.22. The average Bonchev–Trinajstić information content (AvgIpc) is 3.09. The summed E-state index contributed by atoms with van der Waals surface area (Å²) in [6.45, 7) is 1.64. The lowest BCUT2D eigenvalue weighted by molar-refractivity contribution is 0.0951. The van der Waals surface area contributed by atoms with Gasteiger partial charge in [-0.1, -0.05) is 24.3 Å². The Kier molecular flexibility index (Phi) is 4.58. The SMILES string of the molecule is N#Cc1cccc(C(=O)NC[C@H]2CCCN2c2ccccc2)c1. The van der Waals surface area contributed by atoms with E-state index in [4.69, 9.17) is 5.26 Å². The number of hydrogen-bond acceptors (Lipinski definition) is 3. The Morgan fingerprint density at radius 1 is 1.22 bits per heavy atom. The van der Waals surface area contributed by atoms with Crippen molar-refractivity contribution in [3.63, 3.8) is 0 Å². The van der Waals surface area contributed by atoms with Crippen LogP contribution in [0.1, 0.15) is 28.8 Å². The van der Waals surface area contributed by atoms with Crippen molar-refractivity contribution in [2.24, 2.45) is 0 Å². The van der Waals surface area contributed by atoms with E-state index in [2.05, 4.69) is 28.4 Å². The number of amides is 1. The zero-order valence-corrected chi connectivity index (χ0v) is 12.9. The Labute approximate surface area is 136 Å². The molecule has 1 aliphatic rings. The number of nitrogens with one attached hydrogen (secondary N) is 1. The van der Waals surface area contributed by atoms with Gasteiger partial charge in [-0.25, -0.2) is 0 Å². The first kappa shape index (κ1) is 15.1. The number of nitrogens with zero attached hydrogens (tertiary/aromatic N) is 2. The van der Waals surface area contributed by atoms with Gasteiger partial charge in [0.25, 0.3) is 5.91 Å². The molecule has 2 aromatic carbocycles. The lowest BCUT2D eigenvalue weighted by atomic mass is 10.1. The molecule has 4 nitrogen and oxygen atoms in total. The molecule has 0 spiro atoms. The van der Waals surface area contributed by atoms with Gasteiger partial charge in [0.1, 0.15) is 0 Å². The van der Waals surface area contributed by atoms with Crippen LogP contribution in [-0.2, 0) is 0 Å². The van der Waals surface area contributed by atoms with E-state index in [1.807, 2.05) is 18.2 Å². The summed E-state index contributed by atoms with van der Waals surface area (Å²) in [5.74, 6) is -0.123. The van der Waals surface area contributed by atoms with E-state index in [1.165, 1.54) is 5.69 Å². The molecular formula is C19H19N3O. The average molecular weight is 305 g/mol. The predicted octanol–water partition coefficient (Wildman–Crippen LogP) is 2.96. The van der Waals surface area contributed by atoms with E-state index in [0.717, 1.165) is 19.4 Å². The molecule has 1 saturated heterocycles. The molecule has 1 amide bonds. The molecule has 0 radical (unpaired) electrons. The van der Waals surface area contributed by atoms with Crippen LogP contribution in [-0.4, -0.2) is 25.0 Å². The predicted molar refractivity (Wildman–Crippen MR) is 90.3 cm³/mol. The summed E-state index contributed by atoms with van der Waals surface area (Å²) < 4.78 is 0. The van der Waals surface area contributed by atoms with Gasteiger partial charge in [-0.05, 0) is 43.2 Å². The van der Waals surface area contributed by atoms with Crippen LogP contribution in [0.15, 0.2) is 54.6 Å². The molecule has 1 atom stereocenters. The lowest BCUT2D eigenvalue weighted by Crippen LogP contribution is -2.40. The second-order valence-corrected chi connectivity index (χ2v) is 5.73. The minimum atomic E-state index is -0.123. The molecular weight excluding hydrogens is 286 g/mol. The third kappa shape index (κ3) is 3.51. The maximum absolute atomic E-state index is 12.3. The van der Waals surface area contributed by atoms with Crippen molar-refractivity contribution < 1.29 is 4.79 Å². The summed E-state index contributed by atoms with van der Waals surface area (Å²) in [6, 6.07) is 19.5. The van der Waals surface area contributed by atoms with Crippen molar-refractivity contribution in [3.05, 3.63) is 65.7 Å². The molecule has 116 valence electrons. The molecule has 0 bridgehead atoms. The van der Waals surface area contributed by atoms with Crippen molar-refractivity contribution in [2.75, 3.05) is 18.0 Å². The van der Waals surface area contributed by atoms with Crippen molar-refractivity contribution in [2.45, 2.75) is 18.9 Å². The van der Waals surface area contributed by atoms with Crippen molar-refractivity contribution >= 4 is 11.6 Å².